The van der Waals surface area contributed by atoms with E-state index in [1.165, 1.54) is 44.9 Å². The zero-order valence-electron chi connectivity index (χ0n) is 18.4. The van der Waals surface area contributed by atoms with Gasteiger partial charge in [0, 0.05) is 13.2 Å². The van der Waals surface area contributed by atoms with Crippen LogP contribution in [0.1, 0.15) is 71.3 Å². The first-order chi connectivity index (χ1) is 13.7. The number of rotatable bonds is 14. The third-order valence-corrected chi connectivity index (χ3v) is 3.92. The lowest BCUT2D eigenvalue weighted by atomic mass is 10.0. The average Bonchev–Trinajstić information content (AvgIpc) is 2.71. The van der Waals surface area contributed by atoms with Gasteiger partial charge in [-0.05, 0) is 38.3 Å². The van der Waals surface area contributed by atoms with Crippen LogP contribution in [0.15, 0.2) is 24.3 Å². The molecule has 0 amide bonds. The van der Waals surface area contributed by atoms with E-state index in [1.54, 1.807) is 6.07 Å². The van der Waals surface area contributed by atoms with E-state index in [-0.39, 0.29) is 13.2 Å². The summed E-state index contributed by atoms with van der Waals surface area (Å²) in [6, 6.07) is 7.67. The van der Waals surface area contributed by atoms with Crippen LogP contribution in [-0.2, 0) is 15.9 Å². The van der Waals surface area contributed by atoms with Gasteiger partial charge in [-0.2, -0.15) is 0 Å². The molecule has 1 aromatic rings. The number of para-hydroxylation sites is 1. The Labute approximate surface area is 172 Å². The Morgan fingerprint density at radius 2 is 1.25 bits per heavy atom. The normalized spacial score (nSPS) is 9.89. The number of benzene rings is 1. The topological polar surface area (TPSA) is 79.2 Å². The first kappa shape index (κ1) is 29.1. The highest BCUT2D eigenvalue weighted by molar-refractivity contribution is 5.31. The molecule has 0 atom stereocenters. The summed E-state index contributed by atoms with van der Waals surface area (Å²) in [6.07, 6.45) is 10.3. The molecule has 0 saturated carbocycles. The minimum atomic E-state index is 0.0278. The largest absolute Gasteiger partial charge is 0.508 e. The summed E-state index contributed by atoms with van der Waals surface area (Å²) in [5.41, 5.74) is 1.09. The Bertz CT molecular complexity index is 392. The van der Waals surface area contributed by atoms with Gasteiger partial charge in [-0.3, -0.25) is 0 Å². The maximum atomic E-state index is 9.58. The Morgan fingerprint density at radius 1 is 0.714 bits per heavy atom. The number of phenolic OH excluding ortho intramolecular Hbond substituents is 1. The van der Waals surface area contributed by atoms with Gasteiger partial charge in [0.05, 0.1) is 26.4 Å². The second-order valence-corrected chi connectivity index (χ2v) is 6.34. The van der Waals surface area contributed by atoms with Crippen LogP contribution >= 0.6 is 0 Å². The van der Waals surface area contributed by atoms with Gasteiger partial charge in [-0.25, -0.2) is 0 Å². The second kappa shape index (κ2) is 25.9. The Morgan fingerprint density at radius 3 is 1.71 bits per heavy atom. The minimum Gasteiger partial charge on any atom is -0.508 e. The molecule has 166 valence electrons. The molecule has 0 heterocycles. The highest BCUT2D eigenvalue weighted by Crippen LogP contribution is 2.18. The predicted molar refractivity (Wildman–Crippen MR) is 117 cm³/mol. The van der Waals surface area contributed by atoms with Crippen molar-refractivity contribution >= 4 is 0 Å². The molecule has 0 aromatic heterocycles. The molecule has 28 heavy (non-hydrogen) atoms. The summed E-state index contributed by atoms with van der Waals surface area (Å²) >= 11 is 0. The van der Waals surface area contributed by atoms with Crippen molar-refractivity contribution in [3.05, 3.63) is 29.8 Å². The molecule has 0 aliphatic heterocycles. The SMILES string of the molecule is CCCCCCCCCc1ccccc1O.CCOCC.OCCOCCO. The standard InChI is InChI=1S/C15H24O.C4H10O3.C4H10O/c1-2-3-4-5-6-7-8-11-14-12-9-10-13-15(14)16;5-1-3-7-4-2-6;1-3-5-4-2/h9-10,12-13,16H,2-8,11H2,1H3;5-6H,1-4H2;3-4H2,1-2H3. The van der Waals surface area contributed by atoms with Gasteiger partial charge in [-0.1, -0.05) is 63.6 Å². The fourth-order valence-corrected chi connectivity index (χ4v) is 2.43. The molecule has 0 fully saturated rings. The Kier molecular flexibility index (Phi) is 26.8. The summed E-state index contributed by atoms with van der Waals surface area (Å²) in [7, 11) is 0. The summed E-state index contributed by atoms with van der Waals surface area (Å²) < 4.78 is 9.47. The van der Waals surface area contributed by atoms with E-state index in [4.69, 9.17) is 14.9 Å². The average molecular weight is 401 g/mol. The number of ether oxygens (including phenoxy) is 2. The zero-order valence-corrected chi connectivity index (χ0v) is 18.4. The molecule has 5 heteroatoms. The Balaban J connectivity index is 0. The third kappa shape index (κ3) is 22.9. The van der Waals surface area contributed by atoms with Gasteiger partial charge in [0.25, 0.3) is 0 Å². The highest BCUT2D eigenvalue weighted by Gasteiger charge is 1.98. The lowest BCUT2D eigenvalue weighted by Crippen LogP contribution is -2.03. The number of aliphatic hydroxyl groups is 2. The van der Waals surface area contributed by atoms with Crippen molar-refractivity contribution in [2.75, 3.05) is 39.6 Å². The van der Waals surface area contributed by atoms with E-state index in [0.29, 0.717) is 19.0 Å². The number of aryl methyl sites for hydroxylation is 1. The van der Waals surface area contributed by atoms with Crippen LogP contribution in [-0.4, -0.2) is 55.0 Å². The fraction of sp³-hybridized carbons (Fsp3) is 0.739. The number of unbranched alkanes of at least 4 members (excludes halogenated alkanes) is 6. The molecule has 0 aliphatic carbocycles. The number of aromatic hydroxyl groups is 1. The quantitative estimate of drug-likeness (QED) is 0.394. The molecule has 1 rings (SSSR count). The fourth-order valence-electron chi connectivity index (χ4n) is 2.43. The molecule has 0 spiro atoms. The first-order valence-corrected chi connectivity index (χ1v) is 10.8. The van der Waals surface area contributed by atoms with Crippen LogP contribution in [0.4, 0.5) is 0 Å². The number of hydrogen-bond donors (Lipinski definition) is 3. The van der Waals surface area contributed by atoms with E-state index in [9.17, 15) is 5.11 Å². The van der Waals surface area contributed by atoms with Crippen molar-refractivity contribution in [3.8, 4) is 5.75 Å². The molecule has 0 radical (unpaired) electrons. The van der Waals surface area contributed by atoms with Crippen molar-refractivity contribution in [3.63, 3.8) is 0 Å². The van der Waals surface area contributed by atoms with E-state index in [2.05, 4.69) is 11.7 Å². The smallest absolute Gasteiger partial charge is 0.118 e. The molecular formula is C23H44O5. The van der Waals surface area contributed by atoms with Crippen molar-refractivity contribution in [1.82, 2.24) is 0 Å². The van der Waals surface area contributed by atoms with Crippen molar-refractivity contribution in [2.24, 2.45) is 0 Å². The number of aliphatic hydroxyl groups excluding tert-OH is 2. The molecule has 0 unspecified atom stereocenters. The van der Waals surface area contributed by atoms with E-state index in [0.717, 1.165) is 25.2 Å². The van der Waals surface area contributed by atoms with Gasteiger partial charge in [0.15, 0.2) is 0 Å². The zero-order chi connectivity index (χ0) is 21.3. The van der Waals surface area contributed by atoms with E-state index < -0.39 is 0 Å². The number of hydrogen-bond acceptors (Lipinski definition) is 5. The van der Waals surface area contributed by atoms with Gasteiger partial charge < -0.3 is 24.8 Å². The lowest BCUT2D eigenvalue weighted by molar-refractivity contribution is 0.0650. The van der Waals surface area contributed by atoms with Crippen LogP contribution in [0.2, 0.25) is 0 Å². The summed E-state index contributed by atoms with van der Waals surface area (Å²) in [6.45, 7) is 8.61. The molecule has 5 nitrogen and oxygen atoms in total. The minimum absolute atomic E-state index is 0.0278. The van der Waals surface area contributed by atoms with E-state index >= 15 is 0 Å². The van der Waals surface area contributed by atoms with Crippen molar-refractivity contribution in [2.45, 2.75) is 72.1 Å². The molecule has 0 bridgehead atoms. The maximum Gasteiger partial charge on any atom is 0.118 e. The van der Waals surface area contributed by atoms with E-state index in [1.807, 2.05) is 32.0 Å². The third-order valence-electron chi connectivity index (χ3n) is 3.92. The Hall–Kier alpha value is -1.14. The maximum absolute atomic E-state index is 9.58. The van der Waals surface area contributed by atoms with Gasteiger partial charge in [-0.15, -0.1) is 0 Å². The molecule has 0 saturated heterocycles. The van der Waals surface area contributed by atoms with Crippen LogP contribution in [0.5, 0.6) is 5.75 Å². The summed E-state index contributed by atoms with van der Waals surface area (Å²) in [5.74, 6) is 0.452. The van der Waals surface area contributed by atoms with Crippen LogP contribution in [0.3, 0.4) is 0 Å². The highest BCUT2D eigenvalue weighted by atomic mass is 16.5. The summed E-state index contributed by atoms with van der Waals surface area (Å²) in [5, 5.41) is 25.8. The second-order valence-electron chi connectivity index (χ2n) is 6.34. The van der Waals surface area contributed by atoms with Gasteiger partial charge in [0.2, 0.25) is 0 Å². The predicted octanol–water partition coefficient (Wildman–Crippen LogP) is 4.72. The lowest BCUT2D eigenvalue weighted by Gasteiger charge is -2.04. The molecule has 0 aliphatic rings. The van der Waals surface area contributed by atoms with Crippen LogP contribution in [0.25, 0.3) is 0 Å². The molecular weight excluding hydrogens is 356 g/mol. The van der Waals surface area contributed by atoms with Crippen molar-refractivity contribution < 1.29 is 24.8 Å². The molecule has 1 aromatic carbocycles. The van der Waals surface area contributed by atoms with Crippen LogP contribution < -0.4 is 0 Å². The van der Waals surface area contributed by atoms with Gasteiger partial charge >= 0.3 is 0 Å². The van der Waals surface area contributed by atoms with Crippen LogP contribution in [0, 0.1) is 0 Å². The molecule has 3 N–H and O–H groups in total. The van der Waals surface area contributed by atoms with Crippen molar-refractivity contribution in [1.29, 1.82) is 0 Å². The summed E-state index contributed by atoms with van der Waals surface area (Å²) in [4.78, 5) is 0. The van der Waals surface area contributed by atoms with Gasteiger partial charge in [0.1, 0.15) is 5.75 Å². The number of phenols is 1. The monoisotopic (exact) mass is 400 g/mol. The first-order valence-electron chi connectivity index (χ1n) is 10.8.